The van der Waals surface area contributed by atoms with Gasteiger partial charge in [0, 0.05) is 24.0 Å². The second-order valence-electron chi connectivity index (χ2n) is 3.48. The van der Waals surface area contributed by atoms with Crippen molar-refractivity contribution in [3.8, 4) is 5.82 Å². The number of hydrogen-bond donors (Lipinski definition) is 0. The number of fused-ring (bicyclic) bond motifs is 1. The topological polar surface area (TPSA) is 17.8 Å². The number of benzene rings is 1. The Morgan fingerprint density at radius 2 is 1.60 bits per heavy atom. The highest BCUT2D eigenvalue weighted by atomic mass is 15.0. The number of aromatic nitrogens is 2. The Bertz CT molecular complexity index is 582. The first kappa shape index (κ1) is 8.24. The predicted molar refractivity (Wildman–Crippen MR) is 61.1 cm³/mol. The molecule has 0 unspecified atom stereocenters. The zero-order valence-corrected chi connectivity index (χ0v) is 8.17. The van der Waals surface area contributed by atoms with E-state index in [2.05, 4.69) is 23.2 Å². The van der Waals surface area contributed by atoms with Crippen LogP contribution in [-0.4, -0.2) is 9.55 Å². The molecule has 0 N–H and O–H groups in total. The predicted octanol–water partition coefficient (Wildman–Crippen LogP) is 3.03. The lowest BCUT2D eigenvalue weighted by atomic mass is 10.2. The molecular formula is C13H10N2. The number of rotatable bonds is 1. The summed E-state index contributed by atoms with van der Waals surface area (Å²) in [6, 6.07) is 14.3. The summed E-state index contributed by atoms with van der Waals surface area (Å²) in [6.07, 6.45) is 5.90. The van der Waals surface area contributed by atoms with Crippen LogP contribution < -0.4 is 0 Å². The molecule has 2 nitrogen and oxygen atoms in total. The third-order valence-corrected chi connectivity index (χ3v) is 2.49. The van der Waals surface area contributed by atoms with E-state index in [-0.39, 0.29) is 0 Å². The van der Waals surface area contributed by atoms with Crippen LogP contribution >= 0.6 is 0 Å². The van der Waals surface area contributed by atoms with Crippen LogP contribution in [0.3, 0.4) is 0 Å². The average molecular weight is 194 g/mol. The van der Waals surface area contributed by atoms with E-state index >= 15 is 0 Å². The smallest absolute Gasteiger partial charge is 0.137 e. The highest BCUT2D eigenvalue weighted by molar-refractivity contribution is 5.82. The molecule has 0 fully saturated rings. The fourth-order valence-corrected chi connectivity index (χ4v) is 1.70. The lowest BCUT2D eigenvalue weighted by molar-refractivity contribution is 1.02. The van der Waals surface area contributed by atoms with Gasteiger partial charge in [-0.1, -0.05) is 24.3 Å². The summed E-state index contributed by atoms with van der Waals surface area (Å²) >= 11 is 0. The fourth-order valence-electron chi connectivity index (χ4n) is 1.70. The van der Waals surface area contributed by atoms with E-state index in [1.807, 2.05) is 47.4 Å². The van der Waals surface area contributed by atoms with Crippen LogP contribution in [0.25, 0.3) is 16.6 Å². The van der Waals surface area contributed by atoms with Crippen molar-refractivity contribution in [2.24, 2.45) is 0 Å². The molecule has 0 aliphatic heterocycles. The molecule has 15 heavy (non-hydrogen) atoms. The molecule has 0 bridgehead atoms. The Morgan fingerprint density at radius 1 is 0.867 bits per heavy atom. The van der Waals surface area contributed by atoms with Crippen LogP contribution in [0.2, 0.25) is 0 Å². The van der Waals surface area contributed by atoms with Crippen molar-refractivity contribution in [3.05, 3.63) is 61.1 Å². The number of nitrogens with zero attached hydrogens (tertiary/aromatic N) is 2. The zero-order chi connectivity index (χ0) is 10.1. The Hall–Kier alpha value is -2.09. The summed E-state index contributed by atoms with van der Waals surface area (Å²) in [4.78, 5) is 4.41. The van der Waals surface area contributed by atoms with Crippen molar-refractivity contribution in [2.75, 3.05) is 0 Å². The van der Waals surface area contributed by atoms with Crippen molar-refractivity contribution in [1.82, 2.24) is 9.55 Å². The fraction of sp³-hybridized carbons (Fsp3) is 0. The molecule has 0 spiro atoms. The maximum absolute atomic E-state index is 4.41. The van der Waals surface area contributed by atoms with E-state index in [1.54, 1.807) is 0 Å². The molecule has 3 rings (SSSR count). The second-order valence-corrected chi connectivity index (χ2v) is 3.48. The summed E-state index contributed by atoms with van der Waals surface area (Å²) in [5.74, 6) is 0.957. The van der Waals surface area contributed by atoms with Crippen molar-refractivity contribution in [2.45, 2.75) is 0 Å². The average Bonchev–Trinajstić information content (AvgIpc) is 2.82. The van der Waals surface area contributed by atoms with E-state index in [4.69, 9.17) is 0 Å². The molecule has 0 radical (unpaired) electrons. The van der Waals surface area contributed by atoms with Gasteiger partial charge in [0.05, 0.1) is 0 Å². The third-order valence-electron chi connectivity index (χ3n) is 2.49. The van der Waals surface area contributed by atoms with Crippen LogP contribution in [0, 0.1) is 0 Å². The van der Waals surface area contributed by atoms with Crippen LogP contribution in [-0.2, 0) is 0 Å². The summed E-state index contributed by atoms with van der Waals surface area (Å²) in [5.41, 5.74) is 0. The normalized spacial score (nSPS) is 10.7. The van der Waals surface area contributed by atoms with Gasteiger partial charge in [0.15, 0.2) is 0 Å². The standard InChI is InChI=1S/C13H10N2/c1-2-6-12-10-14-13(9-11(12)5-1)15-7-3-4-8-15/h1-10H. The molecule has 2 aromatic heterocycles. The zero-order valence-electron chi connectivity index (χ0n) is 8.17. The number of hydrogen-bond acceptors (Lipinski definition) is 1. The molecule has 2 heterocycles. The Morgan fingerprint density at radius 3 is 2.40 bits per heavy atom. The first-order chi connectivity index (χ1) is 7.43. The molecule has 72 valence electrons. The molecule has 2 heteroatoms. The van der Waals surface area contributed by atoms with Gasteiger partial charge in [-0.3, -0.25) is 0 Å². The molecular weight excluding hydrogens is 184 g/mol. The van der Waals surface area contributed by atoms with Gasteiger partial charge in [-0.15, -0.1) is 0 Å². The first-order valence-electron chi connectivity index (χ1n) is 4.92. The summed E-state index contributed by atoms with van der Waals surface area (Å²) < 4.78 is 2.01. The van der Waals surface area contributed by atoms with E-state index in [0.717, 1.165) is 5.82 Å². The van der Waals surface area contributed by atoms with Crippen molar-refractivity contribution in [3.63, 3.8) is 0 Å². The molecule has 0 aliphatic rings. The quantitative estimate of drug-likeness (QED) is 0.582. The Kier molecular flexibility index (Phi) is 1.78. The highest BCUT2D eigenvalue weighted by Crippen LogP contribution is 2.15. The monoisotopic (exact) mass is 194 g/mol. The Balaban J connectivity index is 2.22. The van der Waals surface area contributed by atoms with Gasteiger partial charge in [-0.05, 0) is 23.6 Å². The minimum atomic E-state index is 0.957. The highest BCUT2D eigenvalue weighted by Gasteiger charge is 1.97. The van der Waals surface area contributed by atoms with E-state index < -0.39 is 0 Å². The van der Waals surface area contributed by atoms with Crippen LogP contribution in [0.15, 0.2) is 61.1 Å². The first-order valence-corrected chi connectivity index (χ1v) is 4.92. The molecule has 0 aliphatic carbocycles. The lowest BCUT2D eigenvalue weighted by Gasteiger charge is -2.03. The SMILES string of the molecule is c1ccc2cc(-n3cccc3)ncc2c1. The maximum atomic E-state index is 4.41. The van der Waals surface area contributed by atoms with Gasteiger partial charge in [-0.25, -0.2) is 4.98 Å². The van der Waals surface area contributed by atoms with Crippen LogP contribution in [0.1, 0.15) is 0 Å². The molecule has 0 atom stereocenters. The van der Waals surface area contributed by atoms with Gasteiger partial charge in [0.2, 0.25) is 0 Å². The van der Waals surface area contributed by atoms with Crippen molar-refractivity contribution < 1.29 is 0 Å². The van der Waals surface area contributed by atoms with E-state index in [1.165, 1.54) is 10.8 Å². The maximum Gasteiger partial charge on any atom is 0.137 e. The van der Waals surface area contributed by atoms with Crippen LogP contribution in [0.4, 0.5) is 0 Å². The van der Waals surface area contributed by atoms with E-state index in [0.29, 0.717) is 0 Å². The molecule has 0 saturated carbocycles. The minimum absolute atomic E-state index is 0.957. The molecule has 0 amide bonds. The van der Waals surface area contributed by atoms with Crippen molar-refractivity contribution >= 4 is 10.8 Å². The van der Waals surface area contributed by atoms with Gasteiger partial charge >= 0.3 is 0 Å². The Labute approximate surface area is 87.8 Å². The van der Waals surface area contributed by atoms with Gasteiger partial charge in [0.25, 0.3) is 0 Å². The minimum Gasteiger partial charge on any atom is -0.309 e. The largest absolute Gasteiger partial charge is 0.309 e. The summed E-state index contributed by atoms with van der Waals surface area (Å²) in [5, 5.41) is 2.39. The van der Waals surface area contributed by atoms with Gasteiger partial charge in [0.1, 0.15) is 5.82 Å². The van der Waals surface area contributed by atoms with Crippen molar-refractivity contribution in [1.29, 1.82) is 0 Å². The van der Waals surface area contributed by atoms with Gasteiger partial charge < -0.3 is 4.57 Å². The third kappa shape index (κ3) is 1.40. The molecule has 1 aromatic carbocycles. The number of pyridine rings is 1. The summed E-state index contributed by atoms with van der Waals surface area (Å²) in [7, 11) is 0. The van der Waals surface area contributed by atoms with Gasteiger partial charge in [-0.2, -0.15) is 0 Å². The second kappa shape index (κ2) is 3.24. The van der Waals surface area contributed by atoms with E-state index in [9.17, 15) is 0 Å². The van der Waals surface area contributed by atoms with Crippen LogP contribution in [0.5, 0.6) is 0 Å². The summed E-state index contributed by atoms with van der Waals surface area (Å²) in [6.45, 7) is 0. The molecule has 3 aromatic rings. The molecule has 0 saturated heterocycles. The lowest BCUT2D eigenvalue weighted by Crippen LogP contribution is -1.92.